The predicted molar refractivity (Wildman–Crippen MR) is 105 cm³/mol. The fourth-order valence-corrected chi connectivity index (χ4v) is 3.70. The highest BCUT2D eigenvalue weighted by molar-refractivity contribution is 6.43. The van der Waals surface area contributed by atoms with Crippen LogP contribution in [0.4, 0.5) is 0 Å². The van der Waals surface area contributed by atoms with E-state index in [1.807, 2.05) is 30.3 Å². The Morgan fingerprint density at radius 1 is 1.30 bits per heavy atom. The summed E-state index contributed by atoms with van der Waals surface area (Å²) in [7, 11) is -1.56. The summed E-state index contributed by atoms with van der Waals surface area (Å²) in [6.45, 7) is 4.16. The van der Waals surface area contributed by atoms with Crippen LogP contribution in [0.5, 0.6) is 0 Å². The Labute approximate surface area is 159 Å². The molecule has 2 aromatic carbocycles. The smallest absolute Gasteiger partial charge is 0.426 e. The molecular weight excluding hydrogens is 343 g/mol. The maximum absolute atomic E-state index is 12.8. The predicted octanol–water partition coefficient (Wildman–Crippen LogP) is 1.52. The quantitative estimate of drug-likeness (QED) is 0.699. The summed E-state index contributed by atoms with van der Waals surface area (Å²) in [5.41, 5.74) is 1.67. The molecule has 1 fully saturated rings. The molecule has 0 aliphatic carbocycles. The number of nitrogens with zero attached hydrogens (tertiary/aromatic N) is 1. The standard InChI is InChI=1S/C20H25BN2O4/c1-3-14-9-10-15-6-4-7-16(17(15)12-14)19(24)22-13(2)20(25)23-11-5-8-18(23)21(26)27/h4,6-7,9-10,12-13,18,26-27H,3,5,8,11H2,1-2H3,(H,22,24). The second-order valence-corrected chi connectivity index (χ2v) is 7.06. The number of nitrogens with one attached hydrogen (secondary N) is 1. The van der Waals surface area contributed by atoms with Gasteiger partial charge in [-0.1, -0.05) is 37.3 Å². The van der Waals surface area contributed by atoms with Gasteiger partial charge in [0, 0.05) is 12.1 Å². The lowest BCUT2D eigenvalue weighted by atomic mass is 9.78. The van der Waals surface area contributed by atoms with Crippen LogP contribution in [0, 0.1) is 0 Å². The minimum absolute atomic E-state index is 0.298. The fourth-order valence-electron chi connectivity index (χ4n) is 3.70. The van der Waals surface area contributed by atoms with E-state index < -0.39 is 19.1 Å². The van der Waals surface area contributed by atoms with Gasteiger partial charge in [-0.25, -0.2) is 0 Å². The van der Waals surface area contributed by atoms with Crippen LogP contribution in [-0.2, 0) is 11.2 Å². The van der Waals surface area contributed by atoms with Crippen LogP contribution in [0.15, 0.2) is 36.4 Å². The van der Waals surface area contributed by atoms with Crippen molar-refractivity contribution in [1.82, 2.24) is 10.2 Å². The van der Waals surface area contributed by atoms with Crippen molar-refractivity contribution in [1.29, 1.82) is 0 Å². The molecule has 142 valence electrons. The highest BCUT2D eigenvalue weighted by Crippen LogP contribution is 2.22. The van der Waals surface area contributed by atoms with Crippen LogP contribution < -0.4 is 5.32 Å². The Hall–Kier alpha value is -2.38. The maximum Gasteiger partial charge on any atom is 0.475 e. The van der Waals surface area contributed by atoms with E-state index in [0.717, 1.165) is 29.2 Å². The van der Waals surface area contributed by atoms with Crippen molar-refractivity contribution >= 4 is 29.7 Å². The summed E-state index contributed by atoms with van der Waals surface area (Å²) in [6.07, 6.45) is 2.14. The monoisotopic (exact) mass is 368 g/mol. The lowest BCUT2D eigenvalue weighted by molar-refractivity contribution is -0.132. The summed E-state index contributed by atoms with van der Waals surface area (Å²) in [5, 5.41) is 23.5. The van der Waals surface area contributed by atoms with Crippen LogP contribution in [0.2, 0.25) is 0 Å². The molecule has 1 aliphatic rings. The van der Waals surface area contributed by atoms with E-state index in [9.17, 15) is 19.6 Å². The average Bonchev–Trinajstić information content (AvgIpc) is 3.16. The van der Waals surface area contributed by atoms with Gasteiger partial charge in [0.05, 0.1) is 5.94 Å². The van der Waals surface area contributed by atoms with E-state index >= 15 is 0 Å². The molecule has 3 N–H and O–H groups in total. The minimum atomic E-state index is -1.56. The molecule has 2 aromatic rings. The molecule has 2 atom stereocenters. The molecule has 0 aromatic heterocycles. The van der Waals surface area contributed by atoms with Crippen molar-refractivity contribution in [2.24, 2.45) is 0 Å². The SMILES string of the molecule is CCc1ccc2cccc(C(=O)NC(C)C(=O)N3CCCC3B(O)O)c2c1. The number of hydrogen-bond donors (Lipinski definition) is 3. The summed E-state index contributed by atoms with van der Waals surface area (Å²) in [5.74, 6) is -1.22. The van der Waals surface area contributed by atoms with Gasteiger partial charge in [0.25, 0.3) is 5.91 Å². The lowest BCUT2D eigenvalue weighted by Gasteiger charge is -2.27. The second-order valence-electron chi connectivity index (χ2n) is 7.06. The summed E-state index contributed by atoms with van der Waals surface area (Å²) >= 11 is 0. The van der Waals surface area contributed by atoms with Crippen molar-refractivity contribution in [2.45, 2.75) is 45.1 Å². The van der Waals surface area contributed by atoms with Crippen LogP contribution >= 0.6 is 0 Å². The number of carbonyl (C=O) groups is 2. The molecule has 2 unspecified atom stereocenters. The molecule has 2 amide bonds. The zero-order valence-electron chi connectivity index (χ0n) is 15.7. The Kier molecular flexibility index (Phi) is 5.82. The van der Waals surface area contributed by atoms with E-state index in [4.69, 9.17) is 0 Å². The summed E-state index contributed by atoms with van der Waals surface area (Å²) < 4.78 is 0. The number of benzene rings is 2. The fraction of sp³-hybridized carbons (Fsp3) is 0.400. The number of fused-ring (bicyclic) bond motifs is 1. The summed E-state index contributed by atoms with van der Waals surface area (Å²) in [4.78, 5) is 27.0. The highest BCUT2D eigenvalue weighted by Gasteiger charge is 2.38. The van der Waals surface area contributed by atoms with Gasteiger partial charge in [0.15, 0.2) is 0 Å². The maximum atomic E-state index is 12.8. The normalized spacial score (nSPS) is 17.8. The minimum Gasteiger partial charge on any atom is -0.426 e. The van der Waals surface area contributed by atoms with Crippen LogP contribution in [0.1, 0.15) is 42.6 Å². The Balaban J connectivity index is 1.79. The number of aryl methyl sites for hydroxylation is 1. The molecule has 27 heavy (non-hydrogen) atoms. The number of amides is 2. The first kappa shape index (κ1) is 19.4. The molecule has 3 rings (SSSR count). The molecule has 0 bridgehead atoms. The van der Waals surface area contributed by atoms with E-state index in [1.165, 1.54) is 4.90 Å². The molecule has 7 heteroatoms. The second kappa shape index (κ2) is 8.11. The molecule has 1 aliphatic heterocycles. The van der Waals surface area contributed by atoms with E-state index in [-0.39, 0.29) is 11.8 Å². The third-order valence-corrected chi connectivity index (χ3v) is 5.24. The van der Waals surface area contributed by atoms with Gasteiger partial charge >= 0.3 is 7.12 Å². The number of rotatable bonds is 5. The van der Waals surface area contributed by atoms with Crippen molar-refractivity contribution < 1.29 is 19.6 Å². The number of hydrogen-bond acceptors (Lipinski definition) is 4. The van der Waals surface area contributed by atoms with Crippen LogP contribution in [0.3, 0.4) is 0 Å². The van der Waals surface area contributed by atoms with Gasteiger partial charge in [-0.2, -0.15) is 0 Å². The number of carbonyl (C=O) groups excluding carboxylic acids is 2. The lowest BCUT2D eigenvalue weighted by Crippen LogP contribution is -2.52. The first-order valence-corrected chi connectivity index (χ1v) is 9.41. The van der Waals surface area contributed by atoms with E-state index in [0.29, 0.717) is 18.5 Å². The number of likely N-dealkylation sites (tertiary alicyclic amines) is 1. The largest absolute Gasteiger partial charge is 0.475 e. The molecule has 0 spiro atoms. The van der Waals surface area contributed by atoms with Gasteiger partial charge in [0.1, 0.15) is 6.04 Å². The van der Waals surface area contributed by atoms with Gasteiger partial charge in [-0.05, 0) is 48.6 Å². The Morgan fingerprint density at radius 2 is 2.07 bits per heavy atom. The zero-order chi connectivity index (χ0) is 19.6. The van der Waals surface area contributed by atoms with Gasteiger partial charge < -0.3 is 20.3 Å². The average molecular weight is 368 g/mol. The van der Waals surface area contributed by atoms with E-state index in [2.05, 4.69) is 12.2 Å². The van der Waals surface area contributed by atoms with Crippen molar-refractivity contribution in [2.75, 3.05) is 6.54 Å². The van der Waals surface area contributed by atoms with Gasteiger partial charge in [-0.15, -0.1) is 0 Å². The van der Waals surface area contributed by atoms with Crippen LogP contribution in [0.25, 0.3) is 10.8 Å². The molecule has 1 heterocycles. The first-order valence-electron chi connectivity index (χ1n) is 9.41. The van der Waals surface area contributed by atoms with Crippen molar-refractivity contribution in [3.05, 3.63) is 47.5 Å². The molecule has 1 saturated heterocycles. The Morgan fingerprint density at radius 3 is 2.78 bits per heavy atom. The van der Waals surface area contributed by atoms with E-state index in [1.54, 1.807) is 13.0 Å². The molecular formula is C20H25BN2O4. The first-order chi connectivity index (χ1) is 12.9. The van der Waals surface area contributed by atoms with Gasteiger partial charge in [0.2, 0.25) is 5.91 Å². The van der Waals surface area contributed by atoms with Crippen molar-refractivity contribution in [3.63, 3.8) is 0 Å². The zero-order valence-corrected chi connectivity index (χ0v) is 15.7. The third-order valence-electron chi connectivity index (χ3n) is 5.24. The highest BCUT2D eigenvalue weighted by atomic mass is 16.4. The molecule has 0 saturated carbocycles. The van der Waals surface area contributed by atoms with Crippen LogP contribution in [-0.4, -0.2) is 52.4 Å². The van der Waals surface area contributed by atoms with Gasteiger partial charge in [-0.3, -0.25) is 9.59 Å². The molecule has 6 nitrogen and oxygen atoms in total. The molecule has 0 radical (unpaired) electrons. The van der Waals surface area contributed by atoms with Crippen molar-refractivity contribution in [3.8, 4) is 0 Å². The topological polar surface area (TPSA) is 89.9 Å². The Bertz CT molecular complexity index is 855. The third kappa shape index (κ3) is 3.99. The summed E-state index contributed by atoms with van der Waals surface area (Å²) in [6, 6.07) is 10.8.